The molecule has 2 aromatic heterocycles. The molecule has 0 fully saturated rings. The quantitative estimate of drug-likeness (QED) is 0.373. The van der Waals surface area contributed by atoms with Gasteiger partial charge in [0.1, 0.15) is 11.9 Å². The summed E-state index contributed by atoms with van der Waals surface area (Å²) in [7, 11) is 0. The number of nitrogens with zero attached hydrogens (tertiary/aromatic N) is 3. The van der Waals surface area contributed by atoms with Gasteiger partial charge in [-0.1, -0.05) is 35.9 Å². The van der Waals surface area contributed by atoms with Gasteiger partial charge in [-0.2, -0.15) is 0 Å². The maximum Gasteiger partial charge on any atom is 0.256 e. The van der Waals surface area contributed by atoms with Crippen LogP contribution in [0.5, 0.6) is 0 Å². The first-order chi connectivity index (χ1) is 18.4. The van der Waals surface area contributed by atoms with Gasteiger partial charge in [0.15, 0.2) is 0 Å². The van der Waals surface area contributed by atoms with E-state index >= 15 is 0 Å². The van der Waals surface area contributed by atoms with E-state index in [0.29, 0.717) is 27.7 Å². The molecular formula is C29H24ClN5O3. The topological polar surface area (TPSA) is 104 Å². The zero-order valence-corrected chi connectivity index (χ0v) is 21.3. The summed E-state index contributed by atoms with van der Waals surface area (Å²) < 4.78 is 0. The number of carbonyl (C=O) groups is 3. The number of amides is 3. The monoisotopic (exact) mass is 525 g/mol. The summed E-state index contributed by atoms with van der Waals surface area (Å²) in [5.74, 6) is -0.398. The largest absolute Gasteiger partial charge is 0.323 e. The van der Waals surface area contributed by atoms with E-state index in [1.54, 1.807) is 78.1 Å². The molecule has 190 valence electrons. The fraction of sp³-hybridized carbons (Fsp3) is 0.138. The Hall–Kier alpha value is -4.56. The predicted octanol–water partition coefficient (Wildman–Crippen LogP) is 4.90. The summed E-state index contributed by atoms with van der Waals surface area (Å²) in [6.45, 7) is 2.04. The summed E-state index contributed by atoms with van der Waals surface area (Å²) in [6.07, 6.45) is 5.25. The number of hydrogen-bond donors (Lipinski definition) is 2. The van der Waals surface area contributed by atoms with E-state index in [1.165, 1.54) is 0 Å². The molecule has 0 spiro atoms. The second-order valence-corrected chi connectivity index (χ2v) is 9.45. The second-order valence-electron chi connectivity index (χ2n) is 9.01. The van der Waals surface area contributed by atoms with Gasteiger partial charge in [-0.05, 0) is 66.1 Å². The smallest absolute Gasteiger partial charge is 0.256 e. The highest BCUT2D eigenvalue weighted by Crippen LogP contribution is 2.29. The van der Waals surface area contributed by atoms with E-state index in [-0.39, 0.29) is 30.7 Å². The van der Waals surface area contributed by atoms with Crippen LogP contribution in [0.3, 0.4) is 0 Å². The van der Waals surface area contributed by atoms with Crippen molar-refractivity contribution in [3.8, 4) is 0 Å². The lowest BCUT2D eigenvalue weighted by Crippen LogP contribution is -2.46. The van der Waals surface area contributed by atoms with Crippen molar-refractivity contribution in [2.45, 2.75) is 25.9 Å². The third-order valence-electron chi connectivity index (χ3n) is 6.37. The lowest BCUT2D eigenvalue weighted by atomic mass is 10.0. The highest BCUT2D eigenvalue weighted by molar-refractivity contribution is 6.31. The number of nitrogens with one attached hydrogen (secondary N) is 2. The summed E-state index contributed by atoms with van der Waals surface area (Å²) in [5, 5.41) is 6.10. The molecule has 5 rings (SSSR count). The zero-order valence-electron chi connectivity index (χ0n) is 20.5. The van der Waals surface area contributed by atoms with Gasteiger partial charge in [-0.15, -0.1) is 0 Å². The van der Waals surface area contributed by atoms with Crippen molar-refractivity contribution < 1.29 is 14.4 Å². The van der Waals surface area contributed by atoms with Crippen molar-refractivity contribution in [3.05, 3.63) is 118 Å². The van der Waals surface area contributed by atoms with Crippen molar-refractivity contribution in [1.29, 1.82) is 0 Å². The number of carbonyl (C=O) groups excluding carboxylic acids is 3. The summed E-state index contributed by atoms with van der Waals surface area (Å²) in [4.78, 5) is 49.7. The predicted molar refractivity (Wildman–Crippen MR) is 145 cm³/mol. The minimum Gasteiger partial charge on any atom is -0.323 e. The molecule has 38 heavy (non-hydrogen) atoms. The minimum absolute atomic E-state index is 0.167. The molecule has 3 heterocycles. The maximum absolute atomic E-state index is 13.7. The van der Waals surface area contributed by atoms with Gasteiger partial charge in [0, 0.05) is 42.1 Å². The first kappa shape index (κ1) is 25.1. The maximum atomic E-state index is 13.7. The van der Waals surface area contributed by atoms with Crippen LogP contribution in [0.4, 0.5) is 11.5 Å². The number of aryl methyl sites for hydroxylation is 1. The van der Waals surface area contributed by atoms with Gasteiger partial charge in [0.2, 0.25) is 5.91 Å². The van der Waals surface area contributed by atoms with E-state index in [1.807, 2.05) is 19.1 Å². The van der Waals surface area contributed by atoms with E-state index in [9.17, 15) is 14.4 Å². The molecule has 1 aliphatic heterocycles. The zero-order chi connectivity index (χ0) is 26.6. The molecule has 1 unspecified atom stereocenters. The molecule has 8 nitrogen and oxygen atoms in total. The normalized spacial score (nSPS) is 14.9. The number of pyridine rings is 2. The van der Waals surface area contributed by atoms with Crippen LogP contribution in [0.2, 0.25) is 5.02 Å². The summed E-state index contributed by atoms with van der Waals surface area (Å²) in [5.41, 5.74) is 3.64. The Morgan fingerprint density at radius 1 is 1.03 bits per heavy atom. The number of fused-ring (bicyclic) bond motifs is 1. The highest BCUT2D eigenvalue weighted by atomic mass is 35.5. The van der Waals surface area contributed by atoms with Crippen LogP contribution < -0.4 is 10.6 Å². The van der Waals surface area contributed by atoms with Gasteiger partial charge in [0.25, 0.3) is 11.8 Å². The Bertz CT molecular complexity index is 1510. The number of benzene rings is 2. The average molecular weight is 526 g/mol. The standard InChI is InChI=1S/C29H24ClN5O3/c1-18-4-2-13-32-26(18)34-27(36)21-8-6-19(7-9-21)17-35-25(14-20-5-3-12-31-16-20)28(37)33-24-15-22(30)10-11-23(24)29(35)38/h2-13,15-16,25H,14,17H2,1H3,(H,33,37)(H,32,34,36). The van der Waals surface area contributed by atoms with E-state index < -0.39 is 6.04 Å². The fourth-order valence-corrected chi connectivity index (χ4v) is 4.51. The Kier molecular flexibility index (Phi) is 7.15. The molecule has 9 heteroatoms. The second kappa shape index (κ2) is 10.8. The summed E-state index contributed by atoms with van der Waals surface area (Å²) in [6, 6.07) is 18.3. The Morgan fingerprint density at radius 3 is 2.55 bits per heavy atom. The Balaban J connectivity index is 1.42. The lowest BCUT2D eigenvalue weighted by molar-refractivity contribution is -0.120. The van der Waals surface area contributed by atoms with Gasteiger partial charge in [-0.3, -0.25) is 19.4 Å². The number of aromatic nitrogens is 2. The first-order valence-electron chi connectivity index (χ1n) is 12.0. The molecule has 0 bridgehead atoms. The molecule has 0 saturated heterocycles. The van der Waals surface area contributed by atoms with E-state index in [0.717, 1.165) is 16.7 Å². The molecule has 4 aromatic rings. The molecule has 0 radical (unpaired) electrons. The van der Waals surface area contributed by atoms with Crippen molar-refractivity contribution in [1.82, 2.24) is 14.9 Å². The van der Waals surface area contributed by atoms with Crippen LogP contribution in [0.25, 0.3) is 0 Å². The first-order valence-corrected chi connectivity index (χ1v) is 12.4. The van der Waals surface area contributed by atoms with Gasteiger partial charge in [0.05, 0.1) is 11.3 Å². The van der Waals surface area contributed by atoms with Crippen LogP contribution in [-0.2, 0) is 17.8 Å². The van der Waals surface area contributed by atoms with Crippen LogP contribution in [0, 0.1) is 6.92 Å². The molecule has 2 N–H and O–H groups in total. The fourth-order valence-electron chi connectivity index (χ4n) is 4.34. The molecular weight excluding hydrogens is 502 g/mol. The SMILES string of the molecule is Cc1cccnc1NC(=O)c1ccc(CN2C(=O)c3ccc(Cl)cc3NC(=O)C2Cc2cccnc2)cc1. The third kappa shape index (κ3) is 5.40. The Morgan fingerprint density at radius 2 is 1.82 bits per heavy atom. The van der Waals surface area contributed by atoms with Crippen LogP contribution >= 0.6 is 11.6 Å². The number of halogens is 1. The van der Waals surface area contributed by atoms with Gasteiger partial charge in [-0.25, -0.2) is 4.98 Å². The molecule has 1 atom stereocenters. The highest BCUT2D eigenvalue weighted by Gasteiger charge is 2.35. The van der Waals surface area contributed by atoms with Gasteiger partial charge < -0.3 is 15.5 Å². The number of hydrogen-bond acceptors (Lipinski definition) is 5. The Labute approximate surface area is 224 Å². The average Bonchev–Trinajstić information content (AvgIpc) is 3.00. The van der Waals surface area contributed by atoms with Crippen molar-refractivity contribution in [3.63, 3.8) is 0 Å². The third-order valence-corrected chi connectivity index (χ3v) is 6.61. The molecule has 2 aromatic carbocycles. The van der Waals surface area contributed by atoms with Crippen LogP contribution in [0.15, 0.2) is 85.3 Å². The summed E-state index contributed by atoms with van der Waals surface area (Å²) >= 11 is 6.14. The number of rotatable bonds is 6. The number of anilines is 2. The van der Waals surface area contributed by atoms with Crippen molar-refractivity contribution in [2.24, 2.45) is 0 Å². The van der Waals surface area contributed by atoms with E-state index in [4.69, 9.17) is 11.6 Å². The van der Waals surface area contributed by atoms with Crippen LogP contribution in [-0.4, -0.2) is 38.6 Å². The molecule has 0 aliphatic carbocycles. The molecule has 1 aliphatic rings. The molecule has 0 saturated carbocycles. The minimum atomic E-state index is -0.784. The van der Waals surface area contributed by atoms with Crippen molar-refractivity contribution >= 4 is 40.8 Å². The van der Waals surface area contributed by atoms with Crippen LogP contribution in [0.1, 0.15) is 37.4 Å². The van der Waals surface area contributed by atoms with E-state index in [2.05, 4.69) is 20.6 Å². The molecule has 3 amide bonds. The lowest BCUT2D eigenvalue weighted by Gasteiger charge is -2.29. The van der Waals surface area contributed by atoms with Gasteiger partial charge >= 0.3 is 0 Å². The van der Waals surface area contributed by atoms with Crippen molar-refractivity contribution in [2.75, 3.05) is 10.6 Å².